The Morgan fingerprint density at radius 1 is 1.32 bits per heavy atom. The van der Waals surface area contributed by atoms with Gasteiger partial charge >= 0.3 is 0 Å². The van der Waals surface area contributed by atoms with Gasteiger partial charge in [0.15, 0.2) is 0 Å². The van der Waals surface area contributed by atoms with E-state index in [4.69, 9.17) is 21.1 Å². The molecule has 0 saturated carbocycles. The molecule has 0 aliphatic carbocycles. The molecule has 1 heterocycles. The van der Waals surface area contributed by atoms with Crippen LogP contribution in [0, 0.1) is 5.82 Å². The van der Waals surface area contributed by atoms with Crippen LogP contribution in [0.15, 0.2) is 39.8 Å². The Morgan fingerprint density at radius 2 is 2.05 bits per heavy atom. The van der Waals surface area contributed by atoms with Crippen LogP contribution >= 0.6 is 11.6 Å². The summed E-state index contributed by atoms with van der Waals surface area (Å²) in [4.78, 5) is 0. The van der Waals surface area contributed by atoms with Crippen molar-refractivity contribution in [3.8, 4) is 0 Å². The Labute approximate surface area is 113 Å². The molecular formula is C11H9ClFNO4S. The maximum Gasteiger partial charge on any atom is 0.295 e. The van der Waals surface area contributed by atoms with Crippen molar-refractivity contribution in [3.05, 3.63) is 46.9 Å². The maximum absolute atomic E-state index is 13.4. The van der Waals surface area contributed by atoms with E-state index in [1.54, 1.807) is 0 Å². The summed E-state index contributed by atoms with van der Waals surface area (Å²) in [6, 6.07) is 5.95. The molecule has 1 aromatic carbocycles. The van der Waals surface area contributed by atoms with Crippen LogP contribution in [0.1, 0.15) is 5.76 Å². The molecule has 0 saturated heterocycles. The van der Waals surface area contributed by atoms with E-state index in [0.717, 1.165) is 18.2 Å². The quantitative estimate of drug-likeness (QED) is 0.909. The number of nitrogens with one attached hydrogen (secondary N) is 1. The second-order valence-electron chi connectivity index (χ2n) is 3.61. The Bertz CT molecular complexity index is 698. The molecule has 19 heavy (non-hydrogen) atoms. The zero-order valence-electron chi connectivity index (χ0n) is 9.43. The number of furan rings is 1. The third kappa shape index (κ3) is 3.06. The van der Waals surface area contributed by atoms with Crippen LogP contribution in [-0.4, -0.2) is 13.5 Å². The van der Waals surface area contributed by atoms with Crippen molar-refractivity contribution in [2.24, 2.45) is 0 Å². The number of rotatable bonds is 4. The van der Waals surface area contributed by atoms with Gasteiger partial charge < -0.3 is 9.52 Å². The van der Waals surface area contributed by atoms with Gasteiger partial charge in [-0.2, -0.15) is 8.42 Å². The van der Waals surface area contributed by atoms with Crippen LogP contribution < -0.4 is 4.72 Å². The van der Waals surface area contributed by atoms with Gasteiger partial charge in [-0.25, -0.2) is 4.39 Å². The highest BCUT2D eigenvalue weighted by atomic mass is 35.5. The van der Waals surface area contributed by atoms with E-state index in [2.05, 4.69) is 0 Å². The second-order valence-corrected chi connectivity index (χ2v) is 5.66. The average molecular weight is 306 g/mol. The van der Waals surface area contributed by atoms with Crippen molar-refractivity contribution in [2.45, 2.75) is 11.7 Å². The van der Waals surface area contributed by atoms with Gasteiger partial charge in [-0.1, -0.05) is 11.6 Å². The lowest BCUT2D eigenvalue weighted by atomic mass is 10.3. The van der Waals surface area contributed by atoms with E-state index >= 15 is 0 Å². The van der Waals surface area contributed by atoms with Crippen molar-refractivity contribution >= 4 is 27.3 Å². The van der Waals surface area contributed by atoms with Crippen LogP contribution in [0.3, 0.4) is 0 Å². The zero-order valence-corrected chi connectivity index (χ0v) is 11.0. The molecule has 5 nitrogen and oxygen atoms in total. The molecule has 0 atom stereocenters. The minimum Gasteiger partial charge on any atom is -0.445 e. The largest absolute Gasteiger partial charge is 0.445 e. The van der Waals surface area contributed by atoms with Crippen molar-refractivity contribution in [2.75, 3.05) is 4.72 Å². The fourth-order valence-corrected chi connectivity index (χ4v) is 2.54. The summed E-state index contributed by atoms with van der Waals surface area (Å²) < 4.78 is 44.1. The predicted octanol–water partition coefficient (Wildman–Crippen LogP) is 2.37. The van der Waals surface area contributed by atoms with Crippen molar-refractivity contribution < 1.29 is 22.3 Å². The van der Waals surface area contributed by atoms with E-state index < -0.39 is 27.5 Å². The molecule has 0 aliphatic rings. The third-order valence-electron chi connectivity index (χ3n) is 2.23. The SMILES string of the molecule is O=S(=O)(Nc1cc(Cl)ccc1F)c1ccc(CO)o1. The van der Waals surface area contributed by atoms with Crippen LogP contribution in [0.2, 0.25) is 5.02 Å². The molecule has 2 rings (SSSR count). The van der Waals surface area contributed by atoms with E-state index in [0.29, 0.717) is 0 Å². The number of hydrogen-bond acceptors (Lipinski definition) is 4. The molecule has 2 aromatic rings. The summed E-state index contributed by atoms with van der Waals surface area (Å²) in [5.74, 6) is -0.672. The smallest absolute Gasteiger partial charge is 0.295 e. The maximum atomic E-state index is 13.4. The lowest BCUT2D eigenvalue weighted by Crippen LogP contribution is -2.13. The molecule has 8 heteroatoms. The van der Waals surface area contributed by atoms with Crippen molar-refractivity contribution in [1.29, 1.82) is 0 Å². The monoisotopic (exact) mass is 305 g/mol. The highest BCUT2D eigenvalue weighted by Crippen LogP contribution is 2.23. The summed E-state index contributed by atoms with van der Waals surface area (Å²) in [6.45, 7) is -0.430. The first-order valence-electron chi connectivity index (χ1n) is 5.10. The Hall–Kier alpha value is -1.57. The Kier molecular flexibility index (Phi) is 3.79. The van der Waals surface area contributed by atoms with Gasteiger partial charge in [0, 0.05) is 5.02 Å². The van der Waals surface area contributed by atoms with Gasteiger partial charge in [-0.05, 0) is 30.3 Å². The second kappa shape index (κ2) is 5.20. The number of hydrogen-bond donors (Lipinski definition) is 2. The van der Waals surface area contributed by atoms with Crippen LogP contribution in [0.25, 0.3) is 0 Å². The standard InChI is InChI=1S/C11H9ClFNO4S/c12-7-1-3-9(13)10(5-7)14-19(16,17)11-4-2-8(6-15)18-11/h1-5,14-15H,6H2. The molecule has 0 unspecified atom stereocenters. The molecule has 0 amide bonds. The molecular weight excluding hydrogens is 297 g/mol. The number of aliphatic hydroxyl groups excluding tert-OH is 1. The topological polar surface area (TPSA) is 79.5 Å². The number of benzene rings is 1. The van der Waals surface area contributed by atoms with Gasteiger partial charge in [-0.15, -0.1) is 0 Å². The molecule has 0 radical (unpaired) electrons. The van der Waals surface area contributed by atoms with E-state index in [9.17, 15) is 12.8 Å². The van der Waals surface area contributed by atoms with E-state index in [1.807, 2.05) is 4.72 Å². The Balaban J connectivity index is 2.33. The first-order chi connectivity index (χ1) is 8.92. The van der Waals surface area contributed by atoms with Gasteiger partial charge in [0.1, 0.15) is 18.2 Å². The lowest BCUT2D eigenvalue weighted by molar-refractivity contribution is 0.236. The molecule has 1 aromatic heterocycles. The minimum absolute atomic E-state index is 0.0898. The highest BCUT2D eigenvalue weighted by molar-refractivity contribution is 7.92. The van der Waals surface area contributed by atoms with Crippen molar-refractivity contribution in [3.63, 3.8) is 0 Å². The summed E-state index contributed by atoms with van der Waals surface area (Å²) in [7, 11) is -4.07. The average Bonchev–Trinajstić information content (AvgIpc) is 2.83. The molecule has 102 valence electrons. The van der Waals surface area contributed by atoms with E-state index in [1.165, 1.54) is 12.1 Å². The molecule has 0 fully saturated rings. The highest BCUT2D eigenvalue weighted by Gasteiger charge is 2.20. The fourth-order valence-electron chi connectivity index (χ4n) is 1.36. The number of sulfonamides is 1. The van der Waals surface area contributed by atoms with Crippen LogP contribution in [0.5, 0.6) is 0 Å². The zero-order chi connectivity index (χ0) is 14.0. The molecule has 0 bridgehead atoms. The Morgan fingerprint density at radius 3 is 2.68 bits per heavy atom. The van der Waals surface area contributed by atoms with Crippen molar-refractivity contribution in [1.82, 2.24) is 0 Å². The first-order valence-corrected chi connectivity index (χ1v) is 6.96. The molecule has 2 N–H and O–H groups in total. The summed E-state index contributed by atoms with van der Waals surface area (Å²) in [6.07, 6.45) is 0. The van der Waals surface area contributed by atoms with Crippen LogP contribution in [-0.2, 0) is 16.6 Å². The van der Waals surface area contributed by atoms with Crippen LogP contribution in [0.4, 0.5) is 10.1 Å². The third-order valence-corrected chi connectivity index (χ3v) is 3.70. The fraction of sp³-hybridized carbons (Fsp3) is 0.0909. The van der Waals surface area contributed by atoms with Gasteiger partial charge in [0.05, 0.1) is 5.69 Å². The van der Waals surface area contributed by atoms with Gasteiger partial charge in [0.25, 0.3) is 10.0 Å². The molecule has 0 aliphatic heterocycles. The summed E-state index contributed by atoms with van der Waals surface area (Å²) in [5, 5.41) is 8.57. The predicted molar refractivity (Wildman–Crippen MR) is 66.8 cm³/mol. The number of aliphatic hydroxyl groups is 1. The number of halogens is 2. The van der Waals surface area contributed by atoms with E-state index in [-0.39, 0.29) is 16.5 Å². The lowest BCUT2D eigenvalue weighted by Gasteiger charge is -2.07. The first kappa shape index (κ1) is 13.9. The summed E-state index contributed by atoms with van der Waals surface area (Å²) >= 11 is 5.66. The normalized spacial score (nSPS) is 11.5. The summed E-state index contributed by atoms with van der Waals surface area (Å²) in [5.41, 5.74) is -0.283. The van der Waals surface area contributed by atoms with Gasteiger partial charge in [-0.3, -0.25) is 4.72 Å². The molecule has 0 spiro atoms. The minimum atomic E-state index is -4.07. The number of anilines is 1. The van der Waals surface area contributed by atoms with Gasteiger partial charge in [0.2, 0.25) is 5.09 Å².